The summed E-state index contributed by atoms with van der Waals surface area (Å²) in [4.78, 5) is 22.4. The number of aromatic nitrogens is 6. The van der Waals surface area contributed by atoms with Crippen molar-refractivity contribution in [3.63, 3.8) is 0 Å². The Hall–Kier alpha value is -8.10. The molecule has 1 aliphatic heterocycles. The lowest BCUT2D eigenvalue weighted by Gasteiger charge is -2.34. The average molecular weight is 1320 g/mol. The molecule has 9 rings (SSSR count). The van der Waals surface area contributed by atoms with Crippen molar-refractivity contribution in [1.82, 2.24) is 29.9 Å². The topological polar surface area (TPSA) is 524 Å². The summed E-state index contributed by atoms with van der Waals surface area (Å²) < 4.78 is 209. The Morgan fingerprint density at radius 3 is 1.07 bits per heavy atom. The number of fused-ring (bicyclic) bond motifs is 2. The Balaban J connectivity index is 1.03. The summed E-state index contributed by atoms with van der Waals surface area (Å²) in [7, 11) is -30.9. The minimum Gasteiger partial charge on any atom is -0.505 e. The molecule has 2 aromatic heterocycles. The number of halogens is 2. The number of hydrogen-bond acceptors (Lipinski definition) is 28. The largest absolute Gasteiger partial charge is 0.505 e. The molecule has 440 valence electrons. The van der Waals surface area contributed by atoms with Gasteiger partial charge in [-0.1, -0.05) is 24.3 Å². The van der Waals surface area contributed by atoms with Crippen molar-refractivity contribution in [2.75, 3.05) is 46.6 Å². The quantitative estimate of drug-likeness (QED) is 0.0380. The maximum Gasteiger partial charge on any atom is 0.296 e. The van der Waals surface area contributed by atoms with E-state index in [1.54, 1.807) is 9.80 Å². The van der Waals surface area contributed by atoms with Gasteiger partial charge < -0.3 is 30.6 Å². The number of azo groups is 2. The van der Waals surface area contributed by atoms with E-state index in [-0.39, 0.29) is 38.1 Å². The highest BCUT2D eigenvalue weighted by molar-refractivity contribution is 7.87. The number of benzene rings is 6. The molecule has 8 aromatic rings. The number of anilines is 6. The molecular weight excluding hydrogens is 1280 g/mol. The van der Waals surface area contributed by atoms with Gasteiger partial charge in [0.05, 0.1) is 21.2 Å². The molecule has 0 unspecified atom stereocenters. The fourth-order valence-corrected chi connectivity index (χ4v) is 12.1. The van der Waals surface area contributed by atoms with Gasteiger partial charge in [-0.25, -0.2) is 0 Å². The van der Waals surface area contributed by atoms with Gasteiger partial charge in [0, 0.05) is 37.0 Å². The Labute approximate surface area is 481 Å². The van der Waals surface area contributed by atoms with E-state index in [2.05, 4.69) is 61.0 Å². The molecular formula is C42H32Cl2N14O20S6. The normalized spacial score (nSPS) is 14.0. The molecule has 1 aliphatic rings. The van der Waals surface area contributed by atoms with Crippen molar-refractivity contribution < 1.29 is 88.0 Å². The van der Waals surface area contributed by atoms with E-state index in [0.29, 0.717) is 24.3 Å². The van der Waals surface area contributed by atoms with Gasteiger partial charge in [0.1, 0.15) is 42.3 Å². The van der Waals surface area contributed by atoms with Crippen molar-refractivity contribution >= 4 is 163 Å². The van der Waals surface area contributed by atoms with Crippen LogP contribution in [0.4, 0.5) is 57.9 Å². The lowest BCUT2D eigenvalue weighted by Crippen LogP contribution is -2.47. The predicted octanol–water partition coefficient (Wildman–Crippen LogP) is 6.21. The van der Waals surface area contributed by atoms with Gasteiger partial charge in [-0.05, 0) is 94.6 Å². The van der Waals surface area contributed by atoms with Gasteiger partial charge in [0.25, 0.3) is 60.7 Å². The molecule has 0 saturated carbocycles. The zero-order chi connectivity index (χ0) is 61.2. The van der Waals surface area contributed by atoms with Crippen LogP contribution < -0.4 is 20.4 Å². The van der Waals surface area contributed by atoms with E-state index >= 15 is 0 Å². The molecule has 0 atom stereocenters. The first-order valence-corrected chi connectivity index (χ1v) is 31.9. The molecule has 6 aromatic carbocycles. The highest BCUT2D eigenvalue weighted by atomic mass is 35.5. The smallest absolute Gasteiger partial charge is 0.296 e. The second-order valence-corrected chi connectivity index (χ2v) is 26.2. The predicted molar refractivity (Wildman–Crippen MR) is 292 cm³/mol. The minimum absolute atomic E-state index is 0.0122. The van der Waals surface area contributed by atoms with Crippen molar-refractivity contribution in [2.24, 2.45) is 20.5 Å². The first-order chi connectivity index (χ1) is 39.0. The molecule has 42 heteroatoms. The monoisotopic (exact) mass is 1310 g/mol. The SMILES string of the molecule is O=S(=O)(O)c1cc(Nc2nc(Cl)nc(N3CCN(c4nc(Cl)nc(Nc5cc(S(=O)(=O)O)cc6cc(S(=O)(=O)O)c(N=Nc7ccccc7S(=O)(=O)O)c(O)c56)n4)CC3)n2)c2c(O)c(N=Nc3ccccc3S(=O)(=O)O)c(S(=O)(=O)O)cc2c1. The zero-order valence-electron chi connectivity index (χ0n) is 41.0. The molecule has 0 aliphatic carbocycles. The first-order valence-electron chi connectivity index (χ1n) is 22.5. The molecule has 34 nitrogen and oxygen atoms in total. The Morgan fingerprint density at radius 1 is 0.417 bits per heavy atom. The Bertz CT molecular complexity index is 4590. The molecule has 1 fully saturated rings. The van der Waals surface area contributed by atoms with Gasteiger partial charge in [0.2, 0.25) is 34.4 Å². The number of piperazine rings is 1. The van der Waals surface area contributed by atoms with Gasteiger partial charge in [-0.2, -0.15) is 80.4 Å². The second-order valence-electron chi connectivity index (χ2n) is 17.1. The van der Waals surface area contributed by atoms with Crippen LogP contribution in [-0.4, -0.2) is 144 Å². The molecule has 84 heavy (non-hydrogen) atoms. The van der Waals surface area contributed by atoms with Gasteiger partial charge in [0.15, 0.2) is 11.5 Å². The molecule has 3 heterocycles. The summed E-state index contributed by atoms with van der Waals surface area (Å²) in [5.41, 5.74) is -4.12. The number of phenolic OH excluding ortho intramolecular Hbond substituents is 2. The van der Waals surface area contributed by atoms with E-state index in [1.807, 2.05) is 0 Å². The number of phenols is 2. The molecule has 0 amide bonds. The number of hydrogen-bond donors (Lipinski definition) is 10. The van der Waals surface area contributed by atoms with Crippen molar-refractivity contribution in [3.05, 3.63) is 95.5 Å². The fourth-order valence-electron chi connectivity index (χ4n) is 8.15. The Kier molecular flexibility index (Phi) is 15.9. The third-order valence-electron chi connectivity index (χ3n) is 11.7. The van der Waals surface area contributed by atoms with Crippen LogP contribution in [0, 0.1) is 0 Å². The van der Waals surface area contributed by atoms with Crippen LogP contribution in [0.3, 0.4) is 0 Å². The molecule has 10 N–H and O–H groups in total. The van der Waals surface area contributed by atoms with Crippen LogP contribution in [0.25, 0.3) is 21.5 Å². The van der Waals surface area contributed by atoms with Crippen LogP contribution in [0.15, 0.2) is 135 Å². The number of aromatic hydroxyl groups is 2. The van der Waals surface area contributed by atoms with Gasteiger partial charge in [-0.15, -0.1) is 20.5 Å². The van der Waals surface area contributed by atoms with Crippen LogP contribution >= 0.6 is 23.2 Å². The van der Waals surface area contributed by atoms with E-state index in [0.717, 1.165) is 36.4 Å². The van der Waals surface area contributed by atoms with Crippen molar-refractivity contribution in [3.8, 4) is 11.5 Å². The van der Waals surface area contributed by atoms with Crippen LogP contribution in [0.1, 0.15) is 0 Å². The summed E-state index contributed by atoms with van der Waals surface area (Å²) in [6.07, 6.45) is 0. The minimum atomic E-state index is -5.38. The molecule has 0 bridgehead atoms. The summed E-state index contributed by atoms with van der Waals surface area (Å²) >= 11 is 12.7. The van der Waals surface area contributed by atoms with Crippen molar-refractivity contribution in [1.29, 1.82) is 0 Å². The van der Waals surface area contributed by atoms with E-state index < -0.39 is 180 Å². The lowest BCUT2D eigenvalue weighted by molar-refractivity contribution is 0.471. The van der Waals surface area contributed by atoms with E-state index in [9.17, 15) is 88.0 Å². The Morgan fingerprint density at radius 2 is 0.750 bits per heavy atom. The van der Waals surface area contributed by atoms with Crippen LogP contribution in [-0.2, 0) is 60.7 Å². The van der Waals surface area contributed by atoms with E-state index in [1.165, 1.54) is 24.3 Å². The molecule has 0 radical (unpaired) electrons. The third kappa shape index (κ3) is 13.0. The number of nitrogens with one attached hydrogen (secondary N) is 2. The summed E-state index contributed by atoms with van der Waals surface area (Å²) in [5, 5.41) is 40.4. The number of nitrogens with zero attached hydrogens (tertiary/aromatic N) is 12. The summed E-state index contributed by atoms with van der Waals surface area (Å²) in [6, 6.07) is 13.1. The zero-order valence-corrected chi connectivity index (χ0v) is 47.4. The lowest BCUT2D eigenvalue weighted by atomic mass is 10.1. The van der Waals surface area contributed by atoms with Crippen LogP contribution in [0.2, 0.25) is 10.6 Å². The van der Waals surface area contributed by atoms with E-state index in [4.69, 9.17) is 23.2 Å². The van der Waals surface area contributed by atoms with Gasteiger partial charge in [-0.3, -0.25) is 27.3 Å². The molecule has 1 saturated heterocycles. The van der Waals surface area contributed by atoms with Gasteiger partial charge >= 0.3 is 0 Å². The number of rotatable bonds is 16. The fraction of sp³-hybridized carbons (Fsp3) is 0.0952. The first kappa shape index (κ1) is 60.5. The van der Waals surface area contributed by atoms with Crippen molar-refractivity contribution in [2.45, 2.75) is 29.4 Å². The average Bonchev–Trinajstić information content (AvgIpc) is 1.06. The second kappa shape index (κ2) is 22.1. The molecule has 0 spiro atoms. The maximum absolute atomic E-state index is 12.7. The highest BCUT2D eigenvalue weighted by Crippen LogP contribution is 2.48. The maximum atomic E-state index is 12.7. The highest BCUT2D eigenvalue weighted by Gasteiger charge is 2.30. The summed E-state index contributed by atoms with van der Waals surface area (Å²) in [5.74, 6) is -3.47. The van der Waals surface area contributed by atoms with Crippen LogP contribution in [0.5, 0.6) is 11.5 Å². The third-order valence-corrected chi connectivity index (χ3v) is 17.3. The summed E-state index contributed by atoms with van der Waals surface area (Å²) in [6.45, 7) is 0.0490. The standard InChI is InChI=1S/C42H32Cl2N14O20S6/c43-37-47-39(45-25-17-21(79(61,62)63)13-19-15-29(83(73,74)75)33(35(59)31(19)25)55-53-23-5-1-3-7-27(23)81(67,68)69)51-41(49-37)57-9-11-58(12-10-57)42-50-38(44)48-40(52-42)46-26-18-22(80(64,65)66)14-20-16-30(84(76,77)78)34(36(60)32(20)26)56-54-24-6-2-4-8-28(24)82(70,71)72/h1-8,13-18,59-60H,9-12H2,(H,61,62,63)(H,64,65,66)(H,67,68,69)(H,70,71,72)(H,73,74,75)(H,76,77,78)(H,45,47,49,51)(H,46,48,50,52).